The van der Waals surface area contributed by atoms with E-state index in [4.69, 9.17) is 21.1 Å². The quantitative estimate of drug-likeness (QED) is 0.403. The highest BCUT2D eigenvalue weighted by Gasteiger charge is 2.16. The fourth-order valence-corrected chi connectivity index (χ4v) is 2.98. The van der Waals surface area contributed by atoms with Crippen molar-refractivity contribution >= 4 is 28.9 Å². The Kier molecular flexibility index (Phi) is 6.54. The number of methoxy groups -OCH3 is 1. The first-order valence-corrected chi connectivity index (χ1v) is 9.37. The number of rotatable bonds is 7. The Morgan fingerprint density at radius 3 is 2.57 bits per heavy atom. The zero-order chi connectivity index (χ0) is 21.7. The molecule has 0 unspecified atom stereocenters. The van der Waals surface area contributed by atoms with Crippen LogP contribution in [0.4, 0.5) is 11.4 Å². The van der Waals surface area contributed by atoms with Gasteiger partial charge in [-0.1, -0.05) is 29.8 Å². The Bertz CT molecular complexity index is 1100. The number of carbonyl (C=O) groups is 1. The Hall–Kier alpha value is -3.58. The van der Waals surface area contributed by atoms with E-state index in [2.05, 4.69) is 5.32 Å². The lowest BCUT2D eigenvalue weighted by Gasteiger charge is -2.14. The second-order valence-electron chi connectivity index (χ2n) is 6.46. The molecule has 3 aromatic rings. The minimum absolute atomic E-state index is 0.00843. The molecule has 0 spiro atoms. The van der Waals surface area contributed by atoms with Gasteiger partial charge in [-0.15, -0.1) is 0 Å². The van der Waals surface area contributed by atoms with Crippen LogP contribution < -0.4 is 14.8 Å². The smallest absolute Gasteiger partial charge is 0.270 e. The molecule has 0 aliphatic heterocycles. The summed E-state index contributed by atoms with van der Waals surface area (Å²) in [4.78, 5) is 23.3. The molecule has 1 N–H and O–H groups in total. The van der Waals surface area contributed by atoms with Gasteiger partial charge in [-0.25, -0.2) is 0 Å². The van der Waals surface area contributed by atoms with E-state index in [0.29, 0.717) is 33.3 Å². The third kappa shape index (κ3) is 4.87. The lowest BCUT2D eigenvalue weighted by Crippen LogP contribution is -2.14. The van der Waals surface area contributed by atoms with Crippen molar-refractivity contribution in [3.63, 3.8) is 0 Å². The van der Waals surface area contributed by atoms with E-state index in [0.717, 1.165) is 5.56 Å². The number of benzene rings is 3. The zero-order valence-electron chi connectivity index (χ0n) is 16.3. The van der Waals surface area contributed by atoms with Crippen molar-refractivity contribution in [3.8, 4) is 11.5 Å². The number of non-ortho nitro benzene ring substituents is 1. The highest BCUT2D eigenvalue weighted by Crippen LogP contribution is 2.27. The second-order valence-corrected chi connectivity index (χ2v) is 6.86. The number of aryl methyl sites for hydroxylation is 1. The molecular weight excluding hydrogens is 408 g/mol. The Labute approximate surface area is 178 Å². The molecular formula is C22H19ClN2O5. The van der Waals surface area contributed by atoms with Crippen LogP contribution in [0.25, 0.3) is 0 Å². The molecule has 0 aliphatic rings. The van der Waals surface area contributed by atoms with Gasteiger partial charge in [0.2, 0.25) is 0 Å². The van der Waals surface area contributed by atoms with E-state index in [1.165, 1.54) is 25.3 Å². The molecule has 0 radical (unpaired) electrons. The fraction of sp³-hybridized carbons (Fsp3) is 0.136. The summed E-state index contributed by atoms with van der Waals surface area (Å²) in [6.07, 6.45) is 0. The molecule has 154 valence electrons. The molecule has 8 heteroatoms. The minimum Gasteiger partial charge on any atom is -0.496 e. The molecule has 0 aliphatic carbocycles. The Balaban J connectivity index is 1.80. The first-order chi connectivity index (χ1) is 14.4. The SMILES string of the molecule is COc1ccc([N+](=O)[O-])cc1COc1ccccc1C(=O)Nc1ccc(C)c(Cl)c1. The third-order valence-electron chi connectivity index (χ3n) is 4.42. The number of hydrogen-bond donors (Lipinski definition) is 1. The summed E-state index contributed by atoms with van der Waals surface area (Å²) < 4.78 is 11.1. The van der Waals surface area contributed by atoms with Crippen LogP contribution in [-0.2, 0) is 6.61 Å². The lowest BCUT2D eigenvalue weighted by atomic mass is 10.1. The number of nitro benzene ring substituents is 1. The van der Waals surface area contributed by atoms with Gasteiger partial charge in [-0.05, 0) is 42.8 Å². The predicted molar refractivity (Wildman–Crippen MR) is 115 cm³/mol. The summed E-state index contributed by atoms with van der Waals surface area (Å²) in [6.45, 7) is 1.87. The third-order valence-corrected chi connectivity index (χ3v) is 4.83. The molecule has 0 saturated carbocycles. The standard InChI is InChI=1S/C22H19ClN2O5/c1-14-7-8-16(12-19(14)23)24-22(26)18-5-3-4-6-21(18)30-13-15-11-17(25(27)28)9-10-20(15)29-2/h3-12H,13H2,1-2H3,(H,24,26). The van der Waals surface area contributed by atoms with Crippen LogP contribution in [0, 0.1) is 17.0 Å². The Morgan fingerprint density at radius 2 is 1.87 bits per heavy atom. The molecule has 0 atom stereocenters. The van der Waals surface area contributed by atoms with Gasteiger partial charge >= 0.3 is 0 Å². The molecule has 7 nitrogen and oxygen atoms in total. The van der Waals surface area contributed by atoms with Gasteiger partial charge in [-0.3, -0.25) is 14.9 Å². The van der Waals surface area contributed by atoms with E-state index in [1.807, 2.05) is 13.0 Å². The van der Waals surface area contributed by atoms with Crippen LogP contribution >= 0.6 is 11.6 Å². The number of ether oxygens (including phenoxy) is 2. The zero-order valence-corrected chi connectivity index (χ0v) is 17.1. The van der Waals surface area contributed by atoms with Crippen molar-refractivity contribution in [1.29, 1.82) is 0 Å². The lowest BCUT2D eigenvalue weighted by molar-refractivity contribution is -0.385. The van der Waals surface area contributed by atoms with Crippen LogP contribution in [0.5, 0.6) is 11.5 Å². The van der Waals surface area contributed by atoms with Crippen molar-refractivity contribution in [2.45, 2.75) is 13.5 Å². The molecule has 1 amide bonds. The molecule has 30 heavy (non-hydrogen) atoms. The number of amides is 1. The van der Waals surface area contributed by atoms with Gasteiger partial charge in [0.1, 0.15) is 18.1 Å². The van der Waals surface area contributed by atoms with Crippen LogP contribution in [0.1, 0.15) is 21.5 Å². The number of nitro groups is 1. The van der Waals surface area contributed by atoms with Crippen molar-refractivity contribution in [2.75, 3.05) is 12.4 Å². The van der Waals surface area contributed by atoms with Gasteiger partial charge in [-0.2, -0.15) is 0 Å². The molecule has 0 saturated heterocycles. The summed E-state index contributed by atoms with van der Waals surface area (Å²) >= 11 is 6.12. The number of halogens is 1. The molecule has 0 bridgehead atoms. The van der Waals surface area contributed by atoms with E-state index in [9.17, 15) is 14.9 Å². The number of para-hydroxylation sites is 1. The van der Waals surface area contributed by atoms with Crippen LogP contribution in [0.2, 0.25) is 5.02 Å². The largest absolute Gasteiger partial charge is 0.496 e. The van der Waals surface area contributed by atoms with Crippen molar-refractivity contribution < 1.29 is 19.2 Å². The van der Waals surface area contributed by atoms with Crippen LogP contribution in [0.15, 0.2) is 60.7 Å². The maximum Gasteiger partial charge on any atom is 0.270 e. The van der Waals surface area contributed by atoms with Crippen LogP contribution in [-0.4, -0.2) is 17.9 Å². The first kappa shape index (κ1) is 21.1. The van der Waals surface area contributed by atoms with Crippen LogP contribution in [0.3, 0.4) is 0 Å². The number of anilines is 1. The Morgan fingerprint density at radius 1 is 1.10 bits per heavy atom. The number of nitrogens with one attached hydrogen (secondary N) is 1. The van der Waals surface area contributed by atoms with Crippen molar-refractivity contribution in [1.82, 2.24) is 0 Å². The maximum absolute atomic E-state index is 12.8. The average Bonchev–Trinajstić information content (AvgIpc) is 2.74. The van der Waals surface area contributed by atoms with Gasteiger partial charge in [0, 0.05) is 28.4 Å². The summed E-state index contributed by atoms with van der Waals surface area (Å²) in [5, 5.41) is 14.4. The summed E-state index contributed by atoms with van der Waals surface area (Å²) in [6, 6.07) is 16.2. The topological polar surface area (TPSA) is 90.7 Å². The first-order valence-electron chi connectivity index (χ1n) is 8.99. The number of hydrogen-bond acceptors (Lipinski definition) is 5. The van der Waals surface area contributed by atoms with E-state index in [1.54, 1.807) is 36.4 Å². The van der Waals surface area contributed by atoms with Crippen molar-refractivity contribution in [3.05, 3.63) is 92.5 Å². The van der Waals surface area contributed by atoms with E-state index >= 15 is 0 Å². The van der Waals surface area contributed by atoms with Gasteiger partial charge in [0.15, 0.2) is 0 Å². The fourth-order valence-electron chi connectivity index (χ4n) is 2.80. The maximum atomic E-state index is 12.8. The summed E-state index contributed by atoms with van der Waals surface area (Å²) in [7, 11) is 1.47. The van der Waals surface area contributed by atoms with Gasteiger partial charge in [0.25, 0.3) is 11.6 Å². The normalized spacial score (nSPS) is 10.4. The molecule has 0 heterocycles. The molecule has 0 aromatic heterocycles. The molecule has 0 fully saturated rings. The second kappa shape index (κ2) is 9.28. The number of nitrogens with zero attached hydrogens (tertiary/aromatic N) is 1. The molecule has 3 aromatic carbocycles. The average molecular weight is 427 g/mol. The van der Waals surface area contributed by atoms with E-state index in [-0.39, 0.29) is 18.2 Å². The number of carbonyl (C=O) groups excluding carboxylic acids is 1. The minimum atomic E-state index is -0.489. The molecule has 3 rings (SSSR count). The van der Waals surface area contributed by atoms with Crippen molar-refractivity contribution in [2.24, 2.45) is 0 Å². The highest BCUT2D eigenvalue weighted by atomic mass is 35.5. The monoisotopic (exact) mass is 426 g/mol. The van der Waals surface area contributed by atoms with Gasteiger partial charge < -0.3 is 14.8 Å². The van der Waals surface area contributed by atoms with Gasteiger partial charge in [0.05, 0.1) is 17.6 Å². The van der Waals surface area contributed by atoms with E-state index < -0.39 is 4.92 Å². The summed E-state index contributed by atoms with van der Waals surface area (Å²) in [5.41, 5.74) is 2.21. The predicted octanol–water partition coefficient (Wildman–Crippen LogP) is 5.40. The highest BCUT2D eigenvalue weighted by molar-refractivity contribution is 6.31. The summed E-state index contributed by atoms with van der Waals surface area (Å²) in [5.74, 6) is 0.426.